The van der Waals surface area contributed by atoms with Gasteiger partial charge in [0.15, 0.2) is 5.78 Å². The topological polar surface area (TPSA) is 89.5 Å². The molecule has 0 aliphatic heterocycles. The molecule has 2 saturated carbocycles. The number of nitrogens with one attached hydrogen (secondary N) is 1. The van der Waals surface area contributed by atoms with Crippen molar-refractivity contribution in [3.8, 4) is 5.75 Å². The first kappa shape index (κ1) is 30.6. The molecule has 5 unspecified atom stereocenters. The molecule has 1 aromatic carbocycles. The largest absolute Gasteiger partial charge is 0.573 e. The zero-order chi connectivity index (χ0) is 30.4. The van der Waals surface area contributed by atoms with E-state index in [1.54, 1.807) is 6.08 Å². The lowest BCUT2D eigenvalue weighted by Crippen LogP contribution is -2.46. The van der Waals surface area contributed by atoms with Crippen LogP contribution < -0.4 is 9.46 Å². The average molecular weight is 606 g/mol. The number of carbonyl (C=O) groups excluding carboxylic acids is 2. The maximum absolute atomic E-state index is 12.6. The molecule has 8 atom stereocenters. The molecule has 2 fully saturated rings. The number of ketones is 1. The van der Waals surface area contributed by atoms with E-state index >= 15 is 0 Å². The molecule has 1 N–H and O–H groups in total. The number of allylic oxidation sites excluding steroid dienone is 5. The van der Waals surface area contributed by atoms with Gasteiger partial charge in [-0.15, -0.1) is 13.2 Å². The second-order valence-corrected chi connectivity index (χ2v) is 14.5. The Morgan fingerprint density at radius 2 is 1.86 bits per heavy atom. The average Bonchev–Trinajstić information content (AvgIpc) is 3.19. The summed E-state index contributed by atoms with van der Waals surface area (Å²) < 4.78 is 68.1. The first-order valence-electron chi connectivity index (χ1n) is 14.7. The Morgan fingerprint density at radius 3 is 2.55 bits per heavy atom. The highest BCUT2D eigenvalue weighted by Gasteiger charge is 2.56. The molecule has 4 aliphatic carbocycles. The predicted molar refractivity (Wildman–Crippen MR) is 151 cm³/mol. The standard InChI is InChI=1S/C32H38F3NO5S/c1-19(5-15-29(38)36-42(39,40)24-10-8-23(9-11-24)41-32(33,34)35)27-13-14-28-25-12-6-21-18-22(37)7-4-20(2)30(21)26(25)16-17-31(27,28)3/h5-6,8-12,15,18-20,25-28,30H,4,7,13-14,16-17H2,1-3H3,(H,36,38)/b15-5+/t19-,20-,25?,26?,27?,28?,30?,31-/m1/s1. The molecule has 1 aromatic rings. The molecular weight excluding hydrogens is 567 g/mol. The van der Waals surface area contributed by atoms with E-state index in [2.05, 4.69) is 37.7 Å². The van der Waals surface area contributed by atoms with Crippen molar-refractivity contribution in [2.75, 3.05) is 0 Å². The second kappa shape index (κ2) is 11.3. The lowest BCUT2D eigenvalue weighted by Gasteiger charge is -2.53. The number of benzene rings is 1. The van der Waals surface area contributed by atoms with Crippen LogP contribution in [0.4, 0.5) is 13.2 Å². The van der Waals surface area contributed by atoms with Gasteiger partial charge in [0.2, 0.25) is 0 Å². The SMILES string of the molecule is C[C@H](/C=C/C(=O)NS(=O)(=O)c1ccc(OC(F)(F)F)cc1)C1CCC2C3C=CC4=CC(=O)CC[C@@H](C)C4C3CC[C@@]21C. The van der Waals surface area contributed by atoms with Crippen molar-refractivity contribution < 1.29 is 35.9 Å². The number of rotatable bonds is 6. The van der Waals surface area contributed by atoms with E-state index in [1.807, 2.05) is 10.8 Å². The Kier molecular flexibility index (Phi) is 8.24. The molecule has 0 aromatic heterocycles. The molecule has 0 saturated heterocycles. The van der Waals surface area contributed by atoms with Crippen LogP contribution >= 0.6 is 0 Å². The number of carbonyl (C=O) groups is 2. The van der Waals surface area contributed by atoms with Crippen molar-refractivity contribution in [1.82, 2.24) is 4.72 Å². The zero-order valence-electron chi connectivity index (χ0n) is 24.1. The maximum atomic E-state index is 12.6. The minimum atomic E-state index is -4.89. The molecular formula is C32H38F3NO5S. The summed E-state index contributed by atoms with van der Waals surface area (Å²) in [4.78, 5) is 24.5. The molecule has 0 spiro atoms. The van der Waals surface area contributed by atoms with Crippen LogP contribution in [-0.2, 0) is 19.6 Å². The monoisotopic (exact) mass is 605 g/mol. The Hall–Kier alpha value is -2.88. The summed E-state index contributed by atoms with van der Waals surface area (Å²) in [7, 11) is -4.27. The Morgan fingerprint density at radius 1 is 1.14 bits per heavy atom. The fraction of sp³-hybridized carbons (Fsp3) is 0.562. The third-order valence-electron chi connectivity index (χ3n) is 10.4. The third-order valence-corrected chi connectivity index (χ3v) is 11.8. The fourth-order valence-corrected chi connectivity index (χ4v) is 9.47. The van der Waals surface area contributed by atoms with Crippen molar-refractivity contribution in [2.24, 2.45) is 46.8 Å². The molecule has 10 heteroatoms. The smallest absolute Gasteiger partial charge is 0.406 e. The number of alkyl halides is 3. The molecule has 0 radical (unpaired) electrons. The maximum Gasteiger partial charge on any atom is 0.573 e. The van der Waals surface area contributed by atoms with Gasteiger partial charge in [-0.25, -0.2) is 13.1 Å². The third kappa shape index (κ3) is 6.10. The molecule has 1 amide bonds. The Bertz CT molecular complexity index is 1410. The summed E-state index contributed by atoms with van der Waals surface area (Å²) in [6.07, 6.45) is 10.4. The quantitative estimate of drug-likeness (QED) is 0.362. The lowest BCUT2D eigenvalue weighted by molar-refractivity contribution is -0.274. The van der Waals surface area contributed by atoms with Gasteiger partial charge in [-0.05, 0) is 115 Å². The van der Waals surface area contributed by atoms with Gasteiger partial charge >= 0.3 is 6.36 Å². The second-order valence-electron chi connectivity index (χ2n) is 12.8. The zero-order valence-corrected chi connectivity index (χ0v) is 24.9. The van der Waals surface area contributed by atoms with E-state index in [0.29, 0.717) is 41.9 Å². The number of fused-ring (bicyclic) bond motifs is 5. The van der Waals surface area contributed by atoms with Gasteiger partial charge in [0.05, 0.1) is 4.90 Å². The summed E-state index contributed by atoms with van der Waals surface area (Å²) >= 11 is 0. The minimum absolute atomic E-state index is 0.0428. The normalized spacial score (nSPS) is 33.7. The van der Waals surface area contributed by atoms with Crippen LogP contribution in [0.25, 0.3) is 0 Å². The van der Waals surface area contributed by atoms with E-state index in [4.69, 9.17) is 0 Å². The summed E-state index contributed by atoms with van der Waals surface area (Å²) in [5.74, 6) is 1.65. The predicted octanol–water partition coefficient (Wildman–Crippen LogP) is 6.75. The Labute approximate surface area is 245 Å². The minimum Gasteiger partial charge on any atom is -0.406 e. The molecule has 0 bridgehead atoms. The number of hydrogen-bond acceptors (Lipinski definition) is 5. The van der Waals surface area contributed by atoms with E-state index in [-0.39, 0.29) is 22.0 Å². The Balaban J connectivity index is 1.24. The van der Waals surface area contributed by atoms with Gasteiger partial charge in [-0.2, -0.15) is 0 Å². The van der Waals surface area contributed by atoms with Crippen molar-refractivity contribution in [3.63, 3.8) is 0 Å². The molecule has 6 nitrogen and oxygen atoms in total. The summed E-state index contributed by atoms with van der Waals surface area (Å²) in [5.41, 5.74) is 1.29. The summed E-state index contributed by atoms with van der Waals surface area (Å²) in [5, 5.41) is 0. The fourth-order valence-electron chi connectivity index (χ4n) is 8.53. The van der Waals surface area contributed by atoms with E-state index in [0.717, 1.165) is 56.4 Å². The van der Waals surface area contributed by atoms with E-state index in [9.17, 15) is 31.2 Å². The van der Waals surface area contributed by atoms with Crippen LogP contribution in [-0.4, -0.2) is 26.5 Å². The van der Waals surface area contributed by atoms with E-state index in [1.165, 1.54) is 11.6 Å². The van der Waals surface area contributed by atoms with Crippen LogP contribution in [0.2, 0.25) is 0 Å². The number of ether oxygens (including phenoxy) is 1. The molecule has 5 rings (SSSR count). The van der Waals surface area contributed by atoms with Crippen LogP contribution in [0.1, 0.15) is 59.3 Å². The molecule has 0 heterocycles. The van der Waals surface area contributed by atoms with E-state index < -0.39 is 28.0 Å². The first-order chi connectivity index (χ1) is 19.7. The number of hydrogen-bond donors (Lipinski definition) is 1. The van der Waals surface area contributed by atoms with Crippen molar-refractivity contribution in [1.29, 1.82) is 0 Å². The van der Waals surface area contributed by atoms with Gasteiger partial charge in [0.25, 0.3) is 15.9 Å². The molecule has 228 valence electrons. The number of amides is 1. The van der Waals surface area contributed by atoms with Gasteiger partial charge in [0.1, 0.15) is 5.75 Å². The highest BCUT2D eigenvalue weighted by molar-refractivity contribution is 7.90. The van der Waals surface area contributed by atoms with Gasteiger partial charge in [-0.1, -0.05) is 39.0 Å². The summed E-state index contributed by atoms with van der Waals surface area (Å²) in [6, 6.07) is 3.66. The molecule has 4 aliphatic rings. The van der Waals surface area contributed by atoms with Gasteiger partial charge in [0, 0.05) is 12.5 Å². The van der Waals surface area contributed by atoms with Crippen LogP contribution in [0.15, 0.2) is 65.1 Å². The summed E-state index contributed by atoms with van der Waals surface area (Å²) in [6.45, 7) is 6.72. The first-order valence-corrected chi connectivity index (χ1v) is 16.2. The van der Waals surface area contributed by atoms with Crippen LogP contribution in [0.5, 0.6) is 5.75 Å². The van der Waals surface area contributed by atoms with Crippen LogP contribution in [0, 0.1) is 46.8 Å². The van der Waals surface area contributed by atoms with Gasteiger partial charge < -0.3 is 4.74 Å². The molecule has 42 heavy (non-hydrogen) atoms. The number of halogens is 3. The van der Waals surface area contributed by atoms with Crippen molar-refractivity contribution in [3.05, 3.63) is 60.2 Å². The van der Waals surface area contributed by atoms with Gasteiger partial charge in [-0.3, -0.25) is 9.59 Å². The highest BCUT2D eigenvalue weighted by Crippen LogP contribution is 2.64. The number of sulfonamides is 1. The van der Waals surface area contributed by atoms with Crippen molar-refractivity contribution in [2.45, 2.75) is 70.6 Å². The highest BCUT2D eigenvalue weighted by atomic mass is 32.2. The van der Waals surface area contributed by atoms with Crippen LogP contribution in [0.3, 0.4) is 0 Å². The van der Waals surface area contributed by atoms with Crippen molar-refractivity contribution >= 4 is 21.7 Å². The lowest BCUT2D eigenvalue weighted by atomic mass is 9.52.